The molecule has 0 saturated carbocycles. The van der Waals surface area contributed by atoms with Crippen LogP contribution in [0.3, 0.4) is 0 Å². The van der Waals surface area contributed by atoms with Crippen molar-refractivity contribution in [3.8, 4) is 0 Å². The van der Waals surface area contributed by atoms with Crippen molar-refractivity contribution in [3.05, 3.63) is 58.9 Å². The van der Waals surface area contributed by atoms with Crippen molar-refractivity contribution >= 4 is 45.9 Å². The molecule has 3 rings (SSSR count). The molecule has 0 fully saturated rings. The highest BCUT2D eigenvalue weighted by atomic mass is 35.5. The van der Waals surface area contributed by atoms with Gasteiger partial charge >= 0.3 is 0 Å². The van der Waals surface area contributed by atoms with Crippen LogP contribution >= 0.6 is 23.4 Å². The lowest BCUT2D eigenvalue weighted by molar-refractivity contribution is -0.115. The van der Waals surface area contributed by atoms with Gasteiger partial charge in [0.15, 0.2) is 0 Å². The molecular weight excluding hydrogens is 354 g/mol. The standard InChI is InChI=1S/C19H18ClN3OS/c1-11-15(20)8-6-10-16(11)23-18(24)12(2)25-19-14-7-4-5-9-17(14)21-13(3)22-19/h4-10,12H,1-3H3,(H,23,24)/t12-/m1/s1. The van der Waals surface area contributed by atoms with Crippen LogP contribution in [0.5, 0.6) is 0 Å². The first-order valence-electron chi connectivity index (χ1n) is 7.91. The Bertz CT molecular complexity index is 945. The molecule has 0 aliphatic rings. The summed E-state index contributed by atoms with van der Waals surface area (Å²) in [5.41, 5.74) is 2.47. The molecule has 128 valence electrons. The number of amides is 1. The third-order valence-electron chi connectivity index (χ3n) is 3.86. The molecule has 4 nitrogen and oxygen atoms in total. The van der Waals surface area contributed by atoms with Crippen molar-refractivity contribution < 1.29 is 4.79 Å². The molecule has 0 aliphatic carbocycles. The van der Waals surface area contributed by atoms with Crippen molar-refractivity contribution in [2.75, 3.05) is 5.32 Å². The summed E-state index contributed by atoms with van der Waals surface area (Å²) in [6.45, 7) is 5.61. The number of halogens is 1. The minimum Gasteiger partial charge on any atom is -0.325 e. The van der Waals surface area contributed by atoms with Gasteiger partial charge in [-0.1, -0.05) is 47.6 Å². The molecule has 0 unspecified atom stereocenters. The fraction of sp³-hybridized carbons (Fsp3) is 0.211. The van der Waals surface area contributed by atoms with Crippen molar-refractivity contribution in [1.29, 1.82) is 0 Å². The van der Waals surface area contributed by atoms with Gasteiger partial charge in [0.2, 0.25) is 5.91 Å². The van der Waals surface area contributed by atoms with E-state index in [9.17, 15) is 4.79 Å². The smallest absolute Gasteiger partial charge is 0.237 e. The Hall–Kier alpha value is -2.11. The van der Waals surface area contributed by atoms with Gasteiger partial charge < -0.3 is 5.32 Å². The Morgan fingerprint density at radius 2 is 1.88 bits per heavy atom. The summed E-state index contributed by atoms with van der Waals surface area (Å²) in [6.07, 6.45) is 0. The summed E-state index contributed by atoms with van der Waals surface area (Å²) < 4.78 is 0. The Balaban J connectivity index is 1.81. The second kappa shape index (κ2) is 7.42. The summed E-state index contributed by atoms with van der Waals surface area (Å²) in [7, 11) is 0. The van der Waals surface area contributed by atoms with Crippen LogP contribution in [0, 0.1) is 13.8 Å². The molecule has 1 atom stereocenters. The van der Waals surface area contributed by atoms with E-state index in [1.807, 2.05) is 57.2 Å². The number of carbonyl (C=O) groups excluding carboxylic acids is 1. The summed E-state index contributed by atoms with van der Waals surface area (Å²) >= 11 is 7.54. The highest BCUT2D eigenvalue weighted by Crippen LogP contribution is 2.30. The molecule has 1 heterocycles. The average Bonchev–Trinajstić information content (AvgIpc) is 2.58. The molecule has 6 heteroatoms. The van der Waals surface area contributed by atoms with E-state index in [0.29, 0.717) is 10.8 Å². The maximum atomic E-state index is 12.6. The summed E-state index contributed by atoms with van der Waals surface area (Å²) in [5.74, 6) is 0.607. The van der Waals surface area contributed by atoms with Crippen LogP contribution in [-0.4, -0.2) is 21.1 Å². The van der Waals surface area contributed by atoms with E-state index in [1.54, 1.807) is 6.07 Å². The molecule has 1 N–H and O–H groups in total. The number of anilines is 1. The number of benzene rings is 2. The van der Waals surface area contributed by atoms with Gasteiger partial charge in [-0.2, -0.15) is 0 Å². The first-order valence-corrected chi connectivity index (χ1v) is 9.17. The van der Waals surface area contributed by atoms with Crippen LogP contribution in [0.25, 0.3) is 10.9 Å². The summed E-state index contributed by atoms with van der Waals surface area (Å²) in [4.78, 5) is 21.5. The number of aryl methyl sites for hydroxylation is 1. The number of nitrogens with one attached hydrogen (secondary N) is 1. The fourth-order valence-corrected chi connectivity index (χ4v) is 3.61. The van der Waals surface area contributed by atoms with Crippen molar-refractivity contribution in [2.45, 2.75) is 31.0 Å². The van der Waals surface area contributed by atoms with Gasteiger partial charge in [0.1, 0.15) is 10.9 Å². The van der Waals surface area contributed by atoms with Gasteiger partial charge in [-0.15, -0.1) is 0 Å². The first-order chi connectivity index (χ1) is 12.0. The highest BCUT2D eigenvalue weighted by molar-refractivity contribution is 8.00. The number of nitrogens with zero attached hydrogens (tertiary/aromatic N) is 2. The molecule has 0 saturated heterocycles. The van der Waals surface area contributed by atoms with Crippen LogP contribution < -0.4 is 5.32 Å². The van der Waals surface area contributed by atoms with Crippen LogP contribution in [0.1, 0.15) is 18.3 Å². The Labute approximate surface area is 156 Å². The Morgan fingerprint density at radius 1 is 1.12 bits per heavy atom. The molecule has 1 aromatic heterocycles. The van der Waals surface area contributed by atoms with Gasteiger partial charge in [-0.25, -0.2) is 9.97 Å². The maximum Gasteiger partial charge on any atom is 0.237 e. The largest absolute Gasteiger partial charge is 0.325 e. The molecule has 3 aromatic rings. The summed E-state index contributed by atoms with van der Waals surface area (Å²) in [6, 6.07) is 13.3. The monoisotopic (exact) mass is 371 g/mol. The molecule has 0 radical (unpaired) electrons. The number of hydrogen-bond donors (Lipinski definition) is 1. The number of thioether (sulfide) groups is 1. The molecule has 0 spiro atoms. The Kier molecular flexibility index (Phi) is 5.25. The van der Waals surface area contributed by atoms with Gasteiger partial charge in [0.25, 0.3) is 0 Å². The van der Waals surface area contributed by atoms with Crippen LogP contribution in [-0.2, 0) is 4.79 Å². The first kappa shape index (κ1) is 17.7. The van der Waals surface area contributed by atoms with E-state index >= 15 is 0 Å². The minimum absolute atomic E-state index is 0.0873. The van der Waals surface area contributed by atoms with E-state index in [-0.39, 0.29) is 11.2 Å². The zero-order chi connectivity index (χ0) is 18.0. The second-order valence-electron chi connectivity index (χ2n) is 5.75. The highest BCUT2D eigenvalue weighted by Gasteiger charge is 2.18. The summed E-state index contributed by atoms with van der Waals surface area (Å²) in [5, 5.41) is 5.04. The van der Waals surface area contributed by atoms with Crippen molar-refractivity contribution in [2.24, 2.45) is 0 Å². The molecule has 0 aliphatic heterocycles. The van der Waals surface area contributed by atoms with Crippen molar-refractivity contribution in [1.82, 2.24) is 9.97 Å². The van der Waals surface area contributed by atoms with E-state index in [4.69, 9.17) is 11.6 Å². The third kappa shape index (κ3) is 3.94. The fourth-order valence-electron chi connectivity index (χ4n) is 2.45. The molecule has 2 aromatic carbocycles. The predicted octanol–water partition coefficient (Wildman–Crippen LogP) is 5.02. The lowest BCUT2D eigenvalue weighted by Crippen LogP contribution is -2.23. The number of carbonyl (C=O) groups is 1. The number of aromatic nitrogens is 2. The lowest BCUT2D eigenvalue weighted by Gasteiger charge is -2.15. The number of para-hydroxylation sites is 1. The molecular formula is C19H18ClN3OS. The zero-order valence-corrected chi connectivity index (χ0v) is 15.8. The van der Waals surface area contributed by atoms with Gasteiger partial charge in [0, 0.05) is 16.1 Å². The minimum atomic E-state index is -0.309. The third-order valence-corrected chi connectivity index (χ3v) is 5.37. The van der Waals surface area contributed by atoms with E-state index in [2.05, 4.69) is 15.3 Å². The molecule has 0 bridgehead atoms. The molecule has 1 amide bonds. The van der Waals surface area contributed by atoms with E-state index < -0.39 is 0 Å². The van der Waals surface area contributed by atoms with E-state index in [0.717, 1.165) is 27.2 Å². The second-order valence-corrected chi connectivity index (χ2v) is 7.49. The molecule has 25 heavy (non-hydrogen) atoms. The number of fused-ring (bicyclic) bond motifs is 1. The Morgan fingerprint density at radius 3 is 2.68 bits per heavy atom. The SMILES string of the molecule is Cc1nc(S[C@H](C)C(=O)Nc2cccc(Cl)c2C)c2ccccc2n1. The van der Waals surface area contributed by atoms with E-state index in [1.165, 1.54) is 11.8 Å². The normalized spacial score (nSPS) is 12.2. The maximum absolute atomic E-state index is 12.6. The number of rotatable bonds is 4. The van der Waals surface area contributed by atoms with Gasteiger partial charge in [-0.05, 0) is 44.5 Å². The number of hydrogen-bond acceptors (Lipinski definition) is 4. The predicted molar refractivity (Wildman–Crippen MR) is 104 cm³/mol. The van der Waals surface area contributed by atoms with Crippen LogP contribution in [0.4, 0.5) is 5.69 Å². The van der Waals surface area contributed by atoms with Crippen LogP contribution in [0.15, 0.2) is 47.5 Å². The van der Waals surface area contributed by atoms with Crippen LogP contribution in [0.2, 0.25) is 5.02 Å². The quantitative estimate of drug-likeness (QED) is 0.516. The topological polar surface area (TPSA) is 54.9 Å². The van der Waals surface area contributed by atoms with Gasteiger partial charge in [-0.3, -0.25) is 4.79 Å². The zero-order valence-electron chi connectivity index (χ0n) is 14.2. The van der Waals surface area contributed by atoms with Crippen molar-refractivity contribution in [3.63, 3.8) is 0 Å². The lowest BCUT2D eigenvalue weighted by atomic mass is 10.2. The van der Waals surface area contributed by atoms with Gasteiger partial charge in [0.05, 0.1) is 10.8 Å². The average molecular weight is 372 g/mol.